The van der Waals surface area contributed by atoms with Gasteiger partial charge < -0.3 is 20.1 Å². The zero-order valence-electron chi connectivity index (χ0n) is 15.6. The number of carbonyl (C=O) groups is 2. The Morgan fingerprint density at radius 1 is 1.17 bits per heavy atom. The van der Waals surface area contributed by atoms with Gasteiger partial charge in [0.15, 0.2) is 11.5 Å². The van der Waals surface area contributed by atoms with Gasteiger partial charge in [0.1, 0.15) is 24.6 Å². The molecule has 0 saturated carbocycles. The molecular weight excluding hydrogens is 395 g/mol. The van der Waals surface area contributed by atoms with Crippen molar-refractivity contribution in [1.82, 2.24) is 10.6 Å². The second kappa shape index (κ2) is 8.73. The molecule has 6 nitrogen and oxygen atoms in total. The van der Waals surface area contributed by atoms with Crippen molar-refractivity contribution in [2.45, 2.75) is 23.8 Å². The molecule has 0 bridgehead atoms. The monoisotopic (exact) mass is 416 g/mol. The molecule has 3 atom stereocenters. The highest BCUT2D eigenvalue weighted by molar-refractivity contribution is 8.00. The molecule has 2 aromatic rings. The van der Waals surface area contributed by atoms with Crippen LogP contribution in [0.4, 0.5) is 4.39 Å². The van der Waals surface area contributed by atoms with Crippen molar-refractivity contribution < 1.29 is 23.5 Å². The van der Waals surface area contributed by atoms with Gasteiger partial charge in [0, 0.05) is 5.75 Å². The highest BCUT2D eigenvalue weighted by Gasteiger charge is 2.33. The molecule has 0 spiro atoms. The molecule has 2 aliphatic rings. The molecule has 1 fully saturated rings. The summed E-state index contributed by atoms with van der Waals surface area (Å²) >= 11 is 1.37. The highest BCUT2D eigenvalue weighted by atomic mass is 32.2. The first kappa shape index (κ1) is 19.6. The summed E-state index contributed by atoms with van der Waals surface area (Å²) in [5.41, 5.74) is 0.498. The van der Waals surface area contributed by atoms with E-state index in [1.165, 1.54) is 17.8 Å². The molecule has 2 aromatic carbocycles. The lowest BCUT2D eigenvalue weighted by molar-refractivity contribution is -0.128. The third-order valence-corrected chi connectivity index (χ3v) is 6.13. The fraction of sp³-hybridized carbons (Fsp3) is 0.333. The fourth-order valence-corrected chi connectivity index (χ4v) is 4.43. The summed E-state index contributed by atoms with van der Waals surface area (Å²) in [6.07, 6.45) is -0.000859. The van der Waals surface area contributed by atoms with Crippen LogP contribution in [0.3, 0.4) is 0 Å². The molecule has 2 aliphatic heterocycles. The lowest BCUT2D eigenvalue weighted by Crippen LogP contribution is -2.55. The number of fused-ring (bicyclic) bond motifs is 1. The van der Waals surface area contributed by atoms with Crippen LogP contribution < -0.4 is 20.1 Å². The van der Waals surface area contributed by atoms with Crippen LogP contribution in [0.5, 0.6) is 11.5 Å². The second-order valence-electron chi connectivity index (χ2n) is 6.92. The first-order valence-corrected chi connectivity index (χ1v) is 10.5. The first-order chi connectivity index (χ1) is 14.1. The minimum atomic E-state index is -0.624. The van der Waals surface area contributed by atoms with Crippen LogP contribution in [-0.2, 0) is 16.0 Å². The third kappa shape index (κ3) is 4.64. The topological polar surface area (TPSA) is 76.7 Å². The van der Waals surface area contributed by atoms with E-state index in [0.29, 0.717) is 35.8 Å². The van der Waals surface area contributed by atoms with Crippen LogP contribution in [0, 0.1) is 5.82 Å². The van der Waals surface area contributed by atoms with Crippen LogP contribution >= 0.6 is 11.8 Å². The van der Waals surface area contributed by atoms with E-state index in [0.717, 1.165) is 0 Å². The van der Waals surface area contributed by atoms with Gasteiger partial charge in [-0.1, -0.05) is 30.3 Å². The molecule has 8 heteroatoms. The number of halogens is 1. The summed E-state index contributed by atoms with van der Waals surface area (Å²) in [5, 5.41) is 5.14. The SMILES string of the molecule is O=C(NC[C@@H]1COc2ccccc2O1)[C@@H]1CS[C@H](Cc2ccccc2F)C(=O)N1. The molecule has 0 radical (unpaired) electrons. The van der Waals surface area contributed by atoms with Crippen molar-refractivity contribution in [2.75, 3.05) is 18.9 Å². The van der Waals surface area contributed by atoms with Crippen molar-refractivity contribution in [3.8, 4) is 11.5 Å². The summed E-state index contributed by atoms with van der Waals surface area (Å²) in [7, 11) is 0. The Labute approximate surface area is 172 Å². The normalized spacial score (nSPS) is 23.2. The van der Waals surface area contributed by atoms with E-state index in [2.05, 4.69) is 10.6 Å². The number of hydrogen-bond acceptors (Lipinski definition) is 5. The maximum atomic E-state index is 13.8. The Hall–Kier alpha value is -2.74. The molecule has 0 aromatic heterocycles. The maximum absolute atomic E-state index is 13.8. The smallest absolute Gasteiger partial charge is 0.243 e. The van der Waals surface area contributed by atoms with Crippen LogP contribution in [-0.4, -0.2) is 48.1 Å². The number of thioether (sulfide) groups is 1. The molecule has 152 valence electrons. The Kier molecular flexibility index (Phi) is 5.89. The van der Waals surface area contributed by atoms with Gasteiger partial charge in [-0.25, -0.2) is 4.39 Å². The Bertz CT molecular complexity index is 910. The lowest BCUT2D eigenvalue weighted by Gasteiger charge is -2.30. The van der Waals surface area contributed by atoms with E-state index in [9.17, 15) is 14.0 Å². The van der Waals surface area contributed by atoms with Gasteiger partial charge in [-0.05, 0) is 30.2 Å². The minimum Gasteiger partial charge on any atom is -0.486 e. The molecule has 2 N–H and O–H groups in total. The highest BCUT2D eigenvalue weighted by Crippen LogP contribution is 2.30. The quantitative estimate of drug-likeness (QED) is 0.779. The first-order valence-electron chi connectivity index (χ1n) is 9.42. The van der Waals surface area contributed by atoms with Gasteiger partial charge in [-0.3, -0.25) is 9.59 Å². The van der Waals surface area contributed by atoms with E-state index < -0.39 is 11.3 Å². The number of carbonyl (C=O) groups excluding carboxylic acids is 2. The lowest BCUT2D eigenvalue weighted by atomic mass is 10.1. The van der Waals surface area contributed by atoms with Crippen LogP contribution in [0.1, 0.15) is 5.56 Å². The molecule has 2 heterocycles. The number of benzene rings is 2. The van der Waals surface area contributed by atoms with Crippen LogP contribution in [0.25, 0.3) is 0 Å². The fourth-order valence-electron chi connectivity index (χ4n) is 3.25. The van der Waals surface area contributed by atoms with Gasteiger partial charge in [0.2, 0.25) is 11.8 Å². The molecule has 29 heavy (non-hydrogen) atoms. The van der Waals surface area contributed by atoms with Crippen LogP contribution in [0.15, 0.2) is 48.5 Å². The largest absolute Gasteiger partial charge is 0.486 e. The molecular formula is C21H21FN2O4S. The van der Waals surface area contributed by atoms with E-state index in [1.807, 2.05) is 24.3 Å². The molecule has 0 unspecified atom stereocenters. The number of ether oxygens (including phenoxy) is 2. The Morgan fingerprint density at radius 3 is 2.72 bits per heavy atom. The average molecular weight is 416 g/mol. The summed E-state index contributed by atoms with van der Waals surface area (Å²) in [5.74, 6) is 0.926. The average Bonchev–Trinajstić information content (AvgIpc) is 2.74. The zero-order chi connectivity index (χ0) is 20.2. The molecule has 1 saturated heterocycles. The summed E-state index contributed by atoms with van der Waals surface area (Å²) in [6.45, 7) is 0.622. The number of amides is 2. The summed E-state index contributed by atoms with van der Waals surface area (Å²) in [4.78, 5) is 24.8. The number of rotatable bonds is 5. The van der Waals surface area contributed by atoms with Gasteiger partial charge in [0.05, 0.1) is 11.8 Å². The second-order valence-corrected chi connectivity index (χ2v) is 8.16. The van der Waals surface area contributed by atoms with Crippen molar-refractivity contribution in [2.24, 2.45) is 0 Å². The van der Waals surface area contributed by atoms with Gasteiger partial charge >= 0.3 is 0 Å². The number of para-hydroxylation sites is 2. The van der Waals surface area contributed by atoms with Crippen molar-refractivity contribution in [1.29, 1.82) is 0 Å². The van der Waals surface area contributed by atoms with Crippen LogP contribution in [0.2, 0.25) is 0 Å². The number of hydrogen-bond donors (Lipinski definition) is 2. The molecule has 4 rings (SSSR count). The summed E-state index contributed by atoms with van der Waals surface area (Å²) in [6, 6.07) is 13.2. The van der Waals surface area contributed by atoms with E-state index in [-0.39, 0.29) is 30.3 Å². The Balaban J connectivity index is 1.26. The standard InChI is InChI=1S/C21H21FN2O4S/c22-15-6-2-1-5-13(15)9-19-21(26)24-16(12-29-19)20(25)23-10-14-11-27-17-7-3-4-8-18(17)28-14/h1-8,14,16,19H,9-12H2,(H,23,25)(H,24,26)/t14-,16+,19-/m1/s1. The van der Waals surface area contributed by atoms with E-state index in [4.69, 9.17) is 9.47 Å². The van der Waals surface area contributed by atoms with E-state index in [1.54, 1.807) is 18.2 Å². The zero-order valence-corrected chi connectivity index (χ0v) is 16.4. The minimum absolute atomic E-state index is 0.254. The van der Waals surface area contributed by atoms with Gasteiger partial charge in [-0.15, -0.1) is 11.8 Å². The van der Waals surface area contributed by atoms with Crippen molar-refractivity contribution >= 4 is 23.6 Å². The van der Waals surface area contributed by atoms with Crippen molar-refractivity contribution in [3.63, 3.8) is 0 Å². The maximum Gasteiger partial charge on any atom is 0.243 e. The van der Waals surface area contributed by atoms with Gasteiger partial charge in [0.25, 0.3) is 0 Å². The van der Waals surface area contributed by atoms with Gasteiger partial charge in [-0.2, -0.15) is 0 Å². The summed E-state index contributed by atoms with van der Waals surface area (Å²) < 4.78 is 25.3. The molecule has 0 aliphatic carbocycles. The molecule has 2 amide bonds. The van der Waals surface area contributed by atoms with E-state index >= 15 is 0 Å². The Morgan fingerprint density at radius 2 is 1.93 bits per heavy atom. The number of nitrogens with one attached hydrogen (secondary N) is 2. The third-order valence-electron chi connectivity index (χ3n) is 4.82. The predicted octanol–water partition coefficient (Wildman–Crippen LogP) is 1.92. The van der Waals surface area contributed by atoms with Crippen molar-refractivity contribution in [3.05, 3.63) is 59.9 Å². The predicted molar refractivity (Wildman–Crippen MR) is 108 cm³/mol.